The summed E-state index contributed by atoms with van der Waals surface area (Å²) in [4.78, 5) is 9.18. The molecule has 0 spiro atoms. The fourth-order valence-electron chi connectivity index (χ4n) is 3.67. The number of hydrogen-bond acceptors (Lipinski definition) is 4. The van der Waals surface area contributed by atoms with Gasteiger partial charge in [-0.15, -0.1) is 0 Å². The minimum Gasteiger partial charge on any atom is -0.494 e. The van der Waals surface area contributed by atoms with Crippen LogP contribution in [0.15, 0.2) is 48.8 Å². The van der Waals surface area contributed by atoms with Crippen LogP contribution in [-0.4, -0.2) is 48.1 Å². The highest BCUT2D eigenvalue weighted by atomic mass is 16.5. The van der Waals surface area contributed by atoms with E-state index >= 15 is 0 Å². The zero-order valence-corrected chi connectivity index (χ0v) is 15.4. The van der Waals surface area contributed by atoms with E-state index in [2.05, 4.69) is 46.1 Å². The molecule has 0 N–H and O–H groups in total. The van der Waals surface area contributed by atoms with Crippen molar-refractivity contribution in [2.45, 2.75) is 26.4 Å². The van der Waals surface area contributed by atoms with Crippen molar-refractivity contribution in [3.05, 3.63) is 59.9 Å². The third-order valence-corrected chi connectivity index (χ3v) is 4.73. The monoisotopic (exact) mass is 339 g/mol. The second-order valence-electron chi connectivity index (χ2n) is 7.03. The van der Waals surface area contributed by atoms with Gasteiger partial charge in [-0.05, 0) is 62.2 Å². The van der Waals surface area contributed by atoms with Crippen molar-refractivity contribution in [2.75, 3.05) is 33.3 Å². The Morgan fingerprint density at radius 3 is 2.92 bits per heavy atom. The molecule has 2 aromatic rings. The molecule has 1 saturated heterocycles. The van der Waals surface area contributed by atoms with Crippen molar-refractivity contribution in [1.82, 2.24) is 14.8 Å². The van der Waals surface area contributed by atoms with Gasteiger partial charge in [-0.1, -0.05) is 18.2 Å². The molecule has 1 aliphatic heterocycles. The lowest BCUT2D eigenvalue weighted by molar-refractivity contribution is 0.254. The lowest BCUT2D eigenvalue weighted by Gasteiger charge is -2.21. The van der Waals surface area contributed by atoms with Crippen molar-refractivity contribution in [3.63, 3.8) is 0 Å². The first-order valence-corrected chi connectivity index (χ1v) is 9.24. The summed E-state index contributed by atoms with van der Waals surface area (Å²) in [5, 5.41) is 0. The second kappa shape index (κ2) is 8.97. The van der Waals surface area contributed by atoms with Gasteiger partial charge in [-0.3, -0.25) is 9.88 Å². The molecule has 3 rings (SSSR count). The van der Waals surface area contributed by atoms with Gasteiger partial charge in [0, 0.05) is 38.6 Å². The van der Waals surface area contributed by atoms with Gasteiger partial charge in [0.05, 0.1) is 6.61 Å². The van der Waals surface area contributed by atoms with Crippen LogP contribution in [0, 0.1) is 5.92 Å². The number of benzene rings is 1. The molecule has 0 saturated carbocycles. The van der Waals surface area contributed by atoms with Gasteiger partial charge < -0.3 is 9.64 Å². The van der Waals surface area contributed by atoms with Gasteiger partial charge in [-0.25, -0.2) is 0 Å². The van der Waals surface area contributed by atoms with Crippen LogP contribution in [0.5, 0.6) is 5.75 Å². The van der Waals surface area contributed by atoms with E-state index in [4.69, 9.17) is 4.74 Å². The summed E-state index contributed by atoms with van der Waals surface area (Å²) in [6.07, 6.45) is 5.07. The van der Waals surface area contributed by atoms with Crippen molar-refractivity contribution in [3.8, 4) is 5.75 Å². The molecule has 1 aromatic heterocycles. The number of pyridine rings is 1. The van der Waals surface area contributed by atoms with E-state index in [9.17, 15) is 0 Å². The standard InChI is InChI=1S/C21H29N3O/c1-3-25-21-8-4-6-18(12-21)16-24-11-9-20(17-24)15-23(2)14-19-7-5-10-22-13-19/h4-8,10,12-13,20H,3,9,11,14-17H2,1-2H3. The Morgan fingerprint density at radius 1 is 1.24 bits per heavy atom. The maximum absolute atomic E-state index is 5.61. The highest BCUT2D eigenvalue weighted by Gasteiger charge is 2.23. The summed E-state index contributed by atoms with van der Waals surface area (Å²) in [7, 11) is 2.21. The summed E-state index contributed by atoms with van der Waals surface area (Å²) < 4.78 is 5.61. The first kappa shape index (κ1) is 17.9. The molecule has 1 fully saturated rings. The molecular weight excluding hydrogens is 310 g/mol. The third-order valence-electron chi connectivity index (χ3n) is 4.73. The molecule has 134 valence electrons. The molecule has 0 aliphatic carbocycles. The Hall–Kier alpha value is -1.91. The van der Waals surface area contributed by atoms with Crippen molar-refractivity contribution < 1.29 is 4.74 Å². The van der Waals surface area contributed by atoms with E-state index < -0.39 is 0 Å². The number of hydrogen-bond donors (Lipinski definition) is 0. The summed E-state index contributed by atoms with van der Waals surface area (Å²) in [6, 6.07) is 12.7. The molecule has 25 heavy (non-hydrogen) atoms. The molecule has 2 heterocycles. The predicted octanol–water partition coefficient (Wildman–Crippen LogP) is 3.43. The Balaban J connectivity index is 1.46. The molecule has 1 aliphatic rings. The van der Waals surface area contributed by atoms with Crippen LogP contribution in [0.1, 0.15) is 24.5 Å². The quantitative estimate of drug-likeness (QED) is 0.737. The molecule has 0 radical (unpaired) electrons. The topological polar surface area (TPSA) is 28.6 Å². The molecule has 4 nitrogen and oxygen atoms in total. The molecule has 4 heteroatoms. The van der Waals surface area contributed by atoms with E-state index in [1.165, 1.54) is 30.6 Å². The molecule has 1 unspecified atom stereocenters. The number of nitrogens with zero attached hydrogens (tertiary/aromatic N) is 3. The van der Waals surface area contributed by atoms with Crippen LogP contribution in [0.3, 0.4) is 0 Å². The van der Waals surface area contributed by atoms with Gasteiger partial charge in [0.25, 0.3) is 0 Å². The minimum absolute atomic E-state index is 0.721. The summed E-state index contributed by atoms with van der Waals surface area (Å²) >= 11 is 0. The fourth-order valence-corrected chi connectivity index (χ4v) is 3.67. The van der Waals surface area contributed by atoms with E-state index in [1.807, 2.05) is 31.5 Å². The molecular formula is C21H29N3O. The van der Waals surface area contributed by atoms with Gasteiger partial charge in [0.15, 0.2) is 0 Å². The number of likely N-dealkylation sites (tertiary alicyclic amines) is 1. The lowest BCUT2D eigenvalue weighted by Crippen LogP contribution is -2.28. The molecule has 1 aromatic carbocycles. The van der Waals surface area contributed by atoms with Crippen molar-refractivity contribution in [1.29, 1.82) is 0 Å². The first-order chi connectivity index (χ1) is 12.2. The Labute approximate surface area is 151 Å². The van der Waals surface area contributed by atoms with Crippen LogP contribution in [0.25, 0.3) is 0 Å². The van der Waals surface area contributed by atoms with Crippen LogP contribution in [0.2, 0.25) is 0 Å². The van der Waals surface area contributed by atoms with Crippen molar-refractivity contribution >= 4 is 0 Å². The summed E-state index contributed by atoms with van der Waals surface area (Å²) in [5.74, 6) is 1.73. The maximum atomic E-state index is 5.61. The van der Waals surface area contributed by atoms with Gasteiger partial charge in [0.2, 0.25) is 0 Å². The van der Waals surface area contributed by atoms with E-state index in [1.54, 1.807) is 0 Å². The fraction of sp³-hybridized carbons (Fsp3) is 0.476. The second-order valence-corrected chi connectivity index (χ2v) is 7.03. The summed E-state index contributed by atoms with van der Waals surface area (Å²) in [6.45, 7) is 8.24. The zero-order chi connectivity index (χ0) is 17.5. The first-order valence-electron chi connectivity index (χ1n) is 9.24. The average molecular weight is 339 g/mol. The van der Waals surface area contributed by atoms with Crippen LogP contribution >= 0.6 is 0 Å². The van der Waals surface area contributed by atoms with E-state index in [0.29, 0.717) is 0 Å². The Kier molecular flexibility index (Phi) is 6.42. The maximum Gasteiger partial charge on any atom is 0.119 e. The van der Waals surface area contributed by atoms with E-state index in [0.717, 1.165) is 37.9 Å². The highest BCUT2D eigenvalue weighted by molar-refractivity contribution is 5.28. The van der Waals surface area contributed by atoms with E-state index in [-0.39, 0.29) is 0 Å². The van der Waals surface area contributed by atoms with Crippen LogP contribution < -0.4 is 4.74 Å². The van der Waals surface area contributed by atoms with Crippen LogP contribution in [0.4, 0.5) is 0 Å². The number of ether oxygens (including phenoxy) is 1. The molecule has 1 atom stereocenters. The number of aromatic nitrogens is 1. The average Bonchev–Trinajstić information content (AvgIpc) is 3.03. The van der Waals surface area contributed by atoms with Crippen LogP contribution in [-0.2, 0) is 13.1 Å². The summed E-state index contributed by atoms with van der Waals surface area (Å²) in [5.41, 5.74) is 2.63. The van der Waals surface area contributed by atoms with Crippen molar-refractivity contribution in [2.24, 2.45) is 5.92 Å². The van der Waals surface area contributed by atoms with Gasteiger partial charge in [0.1, 0.15) is 5.75 Å². The van der Waals surface area contributed by atoms with Gasteiger partial charge >= 0.3 is 0 Å². The molecule has 0 amide bonds. The Morgan fingerprint density at radius 2 is 2.12 bits per heavy atom. The SMILES string of the molecule is CCOc1cccc(CN2CCC(CN(C)Cc3cccnc3)C2)c1. The predicted molar refractivity (Wildman–Crippen MR) is 102 cm³/mol. The Bertz CT molecular complexity index is 647. The minimum atomic E-state index is 0.721. The largest absolute Gasteiger partial charge is 0.494 e. The normalized spacial score (nSPS) is 18.0. The molecule has 0 bridgehead atoms. The highest BCUT2D eigenvalue weighted by Crippen LogP contribution is 2.21. The smallest absolute Gasteiger partial charge is 0.119 e. The number of rotatable bonds is 8. The lowest BCUT2D eigenvalue weighted by atomic mass is 10.1. The third kappa shape index (κ3) is 5.55. The zero-order valence-electron chi connectivity index (χ0n) is 15.4. The van der Waals surface area contributed by atoms with Gasteiger partial charge in [-0.2, -0.15) is 0 Å².